The minimum Gasteiger partial charge on any atom is -1.00 e. The van der Waals surface area contributed by atoms with Crippen LogP contribution >= 0.6 is 0 Å². The number of ether oxygens (including phenoxy) is 3. The third-order valence-corrected chi connectivity index (χ3v) is 3.76. The van der Waals surface area contributed by atoms with Gasteiger partial charge in [-0.15, -0.1) is 0 Å². The highest BCUT2D eigenvalue weighted by atomic mass is 35.5. The minimum absolute atomic E-state index is 0. The van der Waals surface area contributed by atoms with E-state index < -0.39 is 0 Å². The van der Waals surface area contributed by atoms with Crippen molar-refractivity contribution in [3.63, 3.8) is 0 Å². The molecule has 3 aromatic rings. The van der Waals surface area contributed by atoms with Gasteiger partial charge in [0.15, 0.2) is 17.7 Å². The average molecular weight is 320 g/mol. The highest BCUT2D eigenvalue weighted by molar-refractivity contribution is 6.05. The zero-order chi connectivity index (χ0) is 15.0. The Bertz CT molecular complexity index is 833. The SMILES string of the molecule is COc1ccc2c3cc(OC)c(OC)cc3c[n+](C)c2c1.[Cl-]. The first kappa shape index (κ1) is 16.2. The van der Waals surface area contributed by atoms with Crippen molar-refractivity contribution in [2.24, 2.45) is 7.05 Å². The fraction of sp³-hybridized carbons (Fsp3) is 0.235. The predicted molar refractivity (Wildman–Crippen MR) is 82.3 cm³/mol. The molecule has 116 valence electrons. The molecule has 22 heavy (non-hydrogen) atoms. The fourth-order valence-corrected chi connectivity index (χ4v) is 2.67. The first-order chi connectivity index (χ1) is 10.2. The van der Waals surface area contributed by atoms with Gasteiger partial charge in [-0.25, -0.2) is 4.57 Å². The van der Waals surface area contributed by atoms with Gasteiger partial charge in [-0.2, -0.15) is 0 Å². The molecule has 0 radical (unpaired) electrons. The molecular weight excluding hydrogens is 302 g/mol. The second kappa shape index (κ2) is 6.28. The van der Waals surface area contributed by atoms with Crippen LogP contribution in [0.1, 0.15) is 0 Å². The molecule has 2 aromatic carbocycles. The van der Waals surface area contributed by atoms with Crippen molar-refractivity contribution in [1.29, 1.82) is 0 Å². The zero-order valence-corrected chi connectivity index (χ0v) is 13.8. The number of hydrogen-bond acceptors (Lipinski definition) is 3. The van der Waals surface area contributed by atoms with Crippen LogP contribution in [0.2, 0.25) is 0 Å². The number of rotatable bonds is 3. The summed E-state index contributed by atoms with van der Waals surface area (Å²) in [5.74, 6) is 2.31. The van der Waals surface area contributed by atoms with Crippen LogP contribution in [0.15, 0.2) is 36.5 Å². The molecule has 0 aliphatic rings. The zero-order valence-electron chi connectivity index (χ0n) is 13.0. The molecule has 0 N–H and O–H groups in total. The summed E-state index contributed by atoms with van der Waals surface area (Å²) in [7, 11) is 7.00. The Morgan fingerprint density at radius 2 is 1.50 bits per heavy atom. The van der Waals surface area contributed by atoms with Crippen molar-refractivity contribution < 1.29 is 31.2 Å². The Labute approximate surface area is 135 Å². The topological polar surface area (TPSA) is 31.6 Å². The van der Waals surface area contributed by atoms with Crippen LogP contribution in [0.5, 0.6) is 17.2 Å². The molecule has 0 saturated heterocycles. The van der Waals surface area contributed by atoms with Gasteiger partial charge in [0.2, 0.25) is 5.52 Å². The Kier molecular flexibility index (Phi) is 4.62. The Balaban J connectivity index is 0.00000176. The number of aromatic nitrogens is 1. The van der Waals surface area contributed by atoms with Crippen LogP contribution in [0, 0.1) is 0 Å². The second-order valence-electron chi connectivity index (χ2n) is 4.92. The summed E-state index contributed by atoms with van der Waals surface area (Å²) in [5, 5.41) is 3.38. The van der Waals surface area contributed by atoms with Gasteiger partial charge < -0.3 is 26.6 Å². The van der Waals surface area contributed by atoms with E-state index in [9.17, 15) is 0 Å². The van der Waals surface area contributed by atoms with Crippen molar-refractivity contribution in [3.8, 4) is 17.2 Å². The Hall–Kier alpha value is -2.20. The third kappa shape index (κ3) is 2.50. The standard InChI is InChI=1S/C17H18NO3.ClH/c1-18-10-11-7-16(20-3)17(21-4)9-14(11)13-6-5-12(19-2)8-15(13)18;/h5-10H,1-4H3;1H/q+1;/p-1. The van der Waals surface area contributed by atoms with E-state index in [1.54, 1.807) is 21.3 Å². The lowest BCUT2D eigenvalue weighted by Gasteiger charge is -2.10. The molecule has 0 aliphatic carbocycles. The van der Waals surface area contributed by atoms with Crippen LogP contribution in [-0.4, -0.2) is 21.3 Å². The summed E-state index contributed by atoms with van der Waals surface area (Å²) in [5.41, 5.74) is 1.11. The molecule has 1 heterocycles. The van der Waals surface area contributed by atoms with E-state index in [1.165, 1.54) is 0 Å². The van der Waals surface area contributed by atoms with E-state index in [0.29, 0.717) is 0 Å². The molecule has 3 rings (SSSR count). The van der Waals surface area contributed by atoms with Gasteiger partial charge in [0.25, 0.3) is 0 Å². The smallest absolute Gasteiger partial charge is 0.216 e. The Morgan fingerprint density at radius 3 is 2.14 bits per heavy atom. The van der Waals surface area contributed by atoms with Crippen LogP contribution in [0.4, 0.5) is 0 Å². The molecule has 4 nitrogen and oxygen atoms in total. The van der Waals surface area contributed by atoms with Crippen molar-refractivity contribution in [1.82, 2.24) is 0 Å². The first-order valence-electron chi connectivity index (χ1n) is 6.70. The maximum atomic E-state index is 5.41. The normalized spacial score (nSPS) is 10.4. The van der Waals surface area contributed by atoms with Crippen LogP contribution in [-0.2, 0) is 7.05 Å². The van der Waals surface area contributed by atoms with E-state index in [4.69, 9.17) is 14.2 Å². The molecule has 0 unspecified atom stereocenters. The molecule has 0 aliphatic heterocycles. The molecule has 0 atom stereocenters. The van der Waals surface area contributed by atoms with Gasteiger partial charge in [-0.1, -0.05) is 0 Å². The minimum atomic E-state index is 0. The van der Waals surface area contributed by atoms with E-state index in [0.717, 1.165) is 38.9 Å². The molecule has 0 spiro atoms. The van der Waals surface area contributed by atoms with Gasteiger partial charge in [-0.05, 0) is 24.3 Å². The van der Waals surface area contributed by atoms with Crippen molar-refractivity contribution in [2.45, 2.75) is 0 Å². The molecule has 0 amide bonds. The van der Waals surface area contributed by atoms with Crippen molar-refractivity contribution in [3.05, 3.63) is 36.5 Å². The van der Waals surface area contributed by atoms with Crippen LogP contribution in [0.3, 0.4) is 0 Å². The van der Waals surface area contributed by atoms with Gasteiger partial charge in [0.05, 0.1) is 38.2 Å². The van der Waals surface area contributed by atoms with E-state index in [2.05, 4.69) is 16.8 Å². The van der Waals surface area contributed by atoms with Crippen molar-refractivity contribution >= 4 is 21.7 Å². The monoisotopic (exact) mass is 319 g/mol. The first-order valence-corrected chi connectivity index (χ1v) is 6.70. The quantitative estimate of drug-likeness (QED) is 0.497. The summed E-state index contributed by atoms with van der Waals surface area (Å²) in [6.45, 7) is 0. The van der Waals surface area contributed by atoms with Crippen LogP contribution in [0.25, 0.3) is 21.7 Å². The molecule has 0 saturated carbocycles. The summed E-state index contributed by atoms with van der Waals surface area (Å²) in [6.07, 6.45) is 2.08. The van der Waals surface area contributed by atoms with E-state index in [-0.39, 0.29) is 12.4 Å². The molecule has 0 bridgehead atoms. The summed E-state index contributed by atoms with van der Waals surface area (Å²) in [6, 6.07) is 10.1. The fourth-order valence-electron chi connectivity index (χ4n) is 2.67. The number of fused-ring (bicyclic) bond motifs is 3. The number of methoxy groups -OCH3 is 3. The van der Waals surface area contributed by atoms with Gasteiger partial charge >= 0.3 is 0 Å². The number of halogens is 1. The average Bonchev–Trinajstić information content (AvgIpc) is 2.53. The highest BCUT2D eigenvalue weighted by Gasteiger charge is 2.15. The number of nitrogens with zero attached hydrogens (tertiary/aromatic N) is 1. The summed E-state index contributed by atoms with van der Waals surface area (Å²) < 4.78 is 18.2. The lowest BCUT2D eigenvalue weighted by molar-refractivity contribution is -0.643. The lowest BCUT2D eigenvalue weighted by atomic mass is 10.1. The molecule has 0 fully saturated rings. The maximum Gasteiger partial charge on any atom is 0.216 e. The largest absolute Gasteiger partial charge is 1.00 e. The number of aryl methyl sites for hydroxylation is 1. The Morgan fingerprint density at radius 1 is 0.818 bits per heavy atom. The molecule has 5 heteroatoms. The third-order valence-electron chi connectivity index (χ3n) is 3.76. The number of benzene rings is 2. The van der Waals surface area contributed by atoms with Crippen molar-refractivity contribution in [2.75, 3.05) is 21.3 Å². The second-order valence-corrected chi connectivity index (χ2v) is 4.92. The molecular formula is C17H18ClNO3. The maximum absolute atomic E-state index is 5.41. The van der Waals surface area contributed by atoms with Gasteiger partial charge in [0.1, 0.15) is 12.8 Å². The number of hydrogen-bond donors (Lipinski definition) is 0. The van der Waals surface area contributed by atoms with Crippen LogP contribution < -0.4 is 31.2 Å². The summed E-state index contributed by atoms with van der Waals surface area (Å²) >= 11 is 0. The van der Waals surface area contributed by atoms with Gasteiger partial charge in [0, 0.05) is 5.39 Å². The summed E-state index contributed by atoms with van der Waals surface area (Å²) in [4.78, 5) is 0. The van der Waals surface area contributed by atoms with Gasteiger partial charge in [-0.3, -0.25) is 0 Å². The number of pyridine rings is 1. The highest BCUT2D eigenvalue weighted by Crippen LogP contribution is 2.35. The molecule has 1 aromatic heterocycles. The van der Waals surface area contributed by atoms with E-state index in [1.807, 2.05) is 31.3 Å². The lowest BCUT2D eigenvalue weighted by Crippen LogP contribution is -3.00. The van der Waals surface area contributed by atoms with E-state index >= 15 is 0 Å². The predicted octanol–water partition coefficient (Wildman–Crippen LogP) is -0.153.